The molecule has 1 aliphatic rings. The van der Waals surface area contributed by atoms with Crippen molar-refractivity contribution in [1.29, 1.82) is 0 Å². The molecule has 0 radical (unpaired) electrons. The number of hydrogen-bond acceptors (Lipinski definition) is 4. The molecular formula is C10H18N2O3. The van der Waals surface area contributed by atoms with Gasteiger partial charge < -0.3 is 10.1 Å². The molecule has 1 N–H and O–H groups in total. The lowest BCUT2D eigenvalue weighted by Gasteiger charge is -2.31. The van der Waals surface area contributed by atoms with E-state index in [0.717, 1.165) is 4.90 Å². The Balaban J connectivity index is 2.63. The summed E-state index contributed by atoms with van der Waals surface area (Å²) in [6, 6.07) is -0.314. The molecule has 0 aromatic carbocycles. The van der Waals surface area contributed by atoms with Crippen LogP contribution in [-0.2, 0) is 9.53 Å². The van der Waals surface area contributed by atoms with Crippen LogP contribution >= 0.6 is 0 Å². The molecule has 0 saturated carbocycles. The first-order chi connectivity index (χ1) is 6.81. The van der Waals surface area contributed by atoms with Gasteiger partial charge in [0.25, 0.3) is 0 Å². The molecule has 1 heterocycles. The normalized spacial score (nSPS) is 22.8. The number of amides is 2. The summed E-state index contributed by atoms with van der Waals surface area (Å²) >= 11 is 0. The number of carbonyl (C=O) groups is 2. The Hall–Kier alpha value is -1.10. The lowest BCUT2D eigenvalue weighted by molar-refractivity contribution is -0.134. The third-order valence-corrected chi connectivity index (χ3v) is 2.04. The van der Waals surface area contributed by atoms with Gasteiger partial charge in [0.15, 0.2) is 0 Å². The Morgan fingerprint density at radius 3 is 2.67 bits per heavy atom. The zero-order valence-corrected chi connectivity index (χ0v) is 9.66. The molecule has 86 valence electrons. The summed E-state index contributed by atoms with van der Waals surface area (Å²) in [5.74, 6) is -0.226. The number of hydrogen-bond donors (Lipinski definition) is 1. The molecule has 1 rings (SSSR count). The minimum absolute atomic E-state index is 0.226. The van der Waals surface area contributed by atoms with Gasteiger partial charge in [0, 0.05) is 13.1 Å². The minimum Gasteiger partial charge on any atom is -0.443 e. The smallest absolute Gasteiger partial charge is 0.417 e. The van der Waals surface area contributed by atoms with E-state index in [2.05, 4.69) is 5.32 Å². The summed E-state index contributed by atoms with van der Waals surface area (Å²) in [7, 11) is 0. The van der Waals surface area contributed by atoms with Gasteiger partial charge in [-0.15, -0.1) is 0 Å². The highest BCUT2D eigenvalue weighted by Gasteiger charge is 2.32. The predicted molar refractivity (Wildman–Crippen MR) is 55.4 cm³/mol. The van der Waals surface area contributed by atoms with Crippen LogP contribution < -0.4 is 5.32 Å². The Morgan fingerprint density at radius 2 is 2.13 bits per heavy atom. The highest BCUT2D eigenvalue weighted by Crippen LogP contribution is 2.11. The molecular weight excluding hydrogens is 196 g/mol. The van der Waals surface area contributed by atoms with Crippen molar-refractivity contribution in [3.05, 3.63) is 0 Å². The van der Waals surface area contributed by atoms with Crippen LogP contribution in [0, 0.1) is 0 Å². The van der Waals surface area contributed by atoms with Gasteiger partial charge in [0.05, 0.1) is 6.04 Å². The van der Waals surface area contributed by atoms with E-state index in [0.29, 0.717) is 13.1 Å². The molecule has 2 amide bonds. The summed E-state index contributed by atoms with van der Waals surface area (Å²) in [4.78, 5) is 24.4. The standard InChI is InChI=1S/C10H18N2O3/c1-7-8(13)12(6-5-11-7)9(14)15-10(2,3)4/h7,11H,5-6H2,1-4H3/t7-/m1/s1. The molecule has 0 unspecified atom stereocenters. The SMILES string of the molecule is C[C@H]1NCCN(C(=O)OC(C)(C)C)C1=O. The van der Waals surface area contributed by atoms with Gasteiger partial charge in [-0.25, -0.2) is 9.69 Å². The zero-order chi connectivity index (χ0) is 11.6. The maximum Gasteiger partial charge on any atom is 0.417 e. The van der Waals surface area contributed by atoms with Crippen LogP contribution in [0.25, 0.3) is 0 Å². The Labute approximate surface area is 89.8 Å². The highest BCUT2D eigenvalue weighted by molar-refractivity contribution is 5.95. The average Bonchev–Trinajstić information content (AvgIpc) is 2.06. The summed E-state index contributed by atoms with van der Waals surface area (Å²) in [6.45, 7) is 8.06. The number of carbonyl (C=O) groups excluding carboxylic acids is 2. The van der Waals surface area contributed by atoms with E-state index in [9.17, 15) is 9.59 Å². The summed E-state index contributed by atoms with van der Waals surface area (Å²) in [5.41, 5.74) is -0.564. The van der Waals surface area contributed by atoms with E-state index in [1.54, 1.807) is 27.7 Å². The number of ether oxygens (including phenoxy) is 1. The minimum atomic E-state index is -0.564. The average molecular weight is 214 g/mol. The number of nitrogens with zero attached hydrogens (tertiary/aromatic N) is 1. The second kappa shape index (κ2) is 4.18. The van der Waals surface area contributed by atoms with Gasteiger partial charge in [-0.1, -0.05) is 0 Å². The molecule has 1 atom stereocenters. The molecule has 1 aliphatic heterocycles. The molecule has 1 saturated heterocycles. The lowest BCUT2D eigenvalue weighted by Crippen LogP contribution is -2.56. The second-order valence-electron chi connectivity index (χ2n) is 4.65. The first-order valence-electron chi connectivity index (χ1n) is 5.09. The summed E-state index contributed by atoms with van der Waals surface area (Å²) in [5, 5.41) is 2.98. The van der Waals surface area contributed by atoms with Crippen molar-refractivity contribution in [2.75, 3.05) is 13.1 Å². The number of piperazine rings is 1. The summed E-state index contributed by atoms with van der Waals surface area (Å²) in [6.07, 6.45) is -0.555. The van der Waals surface area contributed by atoms with Crippen molar-refractivity contribution in [2.24, 2.45) is 0 Å². The van der Waals surface area contributed by atoms with Crippen molar-refractivity contribution in [3.8, 4) is 0 Å². The zero-order valence-electron chi connectivity index (χ0n) is 9.66. The van der Waals surface area contributed by atoms with E-state index in [1.807, 2.05) is 0 Å². The van der Waals surface area contributed by atoms with Crippen molar-refractivity contribution in [3.63, 3.8) is 0 Å². The van der Waals surface area contributed by atoms with E-state index in [4.69, 9.17) is 4.74 Å². The van der Waals surface area contributed by atoms with Gasteiger partial charge >= 0.3 is 6.09 Å². The number of imide groups is 1. The fourth-order valence-electron chi connectivity index (χ4n) is 1.32. The molecule has 1 fully saturated rings. The fourth-order valence-corrected chi connectivity index (χ4v) is 1.32. The van der Waals surface area contributed by atoms with E-state index >= 15 is 0 Å². The Kier molecular flexibility index (Phi) is 3.34. The maximum atomic E-state index is 11.6. The highest BCUT2D eigenvalue weighted by atomic mass is 16.6. The van der Waals surface area contributed by atoms with Gasteiger partial charge in [0.1, 0.15) is 5.60 Å². The van der Waals surface area contributed by atoms with Crippen LogP contribution in [0.4, 0.5) is 4.79 Å². The van der Waals surface area contributed by atoms with Crippen LogP contribution in [0.2, 0.25) is 0 Å². The van der Waals surface area contributed by atoms with Crippen LogP contribution in [0.15, 0.2) is 0 Å². The molecule has 0 spiro atoms. The van der Waals surface area contributed by atoms with Gasteiger partial charge in [0.2, 0.25) is 5.91 Å². The van der Waals surface area contributed by atoms with Crippen molar-refractivity contribution in [1.82, 2.24) is 10.2 Å². The van der Waals surface area contributed by atoms with E-state index < -0.39 is 11.7 Å². The molecule has 5 heteroatoms. The van der Waals surface area contributed by atoms with Gasteiger partial charge in [-0.2, -0.15) is 0 Å². The molecule has 0 bridgehead atoms. The first kappa shape index (κ1) is 12.0. The molecule has 5 nitrogen and oxygen atoms in total. The monoisotopic (exact) mass is 214 g/mol. The first-order valence-corrected chi connectivity index (χ1v) is 5.09. The number of rotatable bonds is 0. The van der Waals surface area contributed by atoms with Crippen molar-refractivity contribution >= 4 is 12.0 Å². The van der Waals surface area contributed by atoms with Gasteiger partial charge in [-0.05, 0) is 27.7 Å². The summed E-state index contributed by atoms with van der Waals surface area (Å²) < 4.78 is 5.13. The quantitative estimate of drug-likeness (QED) is 0.646. The topological polar surface area (TPSA) is 58.6 Å². The van der Waals surface area contributed by atoms with E-state index in [-0.39, 0.29) is 11.9 Å². The van der Waals surface area contributed by atoms with Crippen LogP contribution in [0.1, 0.15) is 27.7 Å². The van der Waals surface area contributed by atoms with Crippen LogP contribution in [-0.4, -0.2) is 41.6 Å². The third-order valence-electron chi connectivity index (χ3n) is 2.04. The van der Waals surface area contributed by atoms with Crippen LogP contribution in [0.5, 0.6) is 0 Å². The lowest BCUT2D eigenvalue weighted by atomic mass is 10.2. The Morgan fingerprint density at radius 1 is 1.53 bits per heavy atom. The fraction of sp³-hybridized carbons (Fsp3) is 0.800. The molecule has 0 aromatic heterocycles. The maximum absolute atomic E-state index is 11.6. The molecule has 0 aromatic rings. The van der Waals surface area contributed by atoms with Crippen LogP contribution in [0.3, 0.4) is 0 Å². The Bertz CT molecular complexity index is 270. The third kappa shape index (κ3) is 3.20. The van der Waals surface area contributed by atoms with Crippen molar-refractivity contribution in [2.45, 2.75) is 39.3 Å². The van der Waals surface area contributed by atoms with E-state index in [1.165, 1.54) is 0 Å². The van der Waals surface area contributed by atoms with Crippen molar-refractivity contribution < 1.29 is 14.3 Å². The van der Waals surface area contributed by atoms with Gasteiger partial charge in [-0.3, -0.25) is 4.79 Å². The number of nitrogens with one attached hydrogen (secondary N) is 1. The largest absolute Gasteiger partial charge is 0.443 e. The molecule has 0 aliphatic carbocycles. The second-order valence-corrected chi connectivity index (χ2v) is 4.65. The molecule has 15 heavy (non-hydrogen) atoms. The predicted octanol–water partition coefficient (Wildman–Crippen LogP) is 0.742.